The van der Waals surface area contributed by atoms with Gasteiger partial charge in [0.1, 0.15) is 5.82 Å². The fraction of sp³-hybridized carbons (Fsp3) is 0.409. The Labute approximate surface area is 158 Å². The van der Waals surface area contributed by atoms with Crippen LogP contribution in [0.2, 0.25) is 0 Å². The van der Waals surface area contributed by atoms with Crippen molar-refractivity contribution in [1.82, 2.24) is 14.5 Å². The molecule has 0 amide bonds. The van der Waals surface area contributed by atoms with E-state index in [1.807, 2.05) is 31.2 Å². The van der Waals surface area contributed by atoms with Gasteiger partial charge in [-0.25, -0.2) is 4.39 Å². The molecule has 0 radical (unpaired) electrons. The second-order valence-electron chi connectivity index (χ2n) is 7.81. The highest BCUT2D eigenvalue weighted by Gasteiger charge is 2.36. The van der Waals surface area contributed by atoms with Crippen LogP contribution in [0.3, 0.4) is 0 Å². The third-order valence-electron chi connectivity index (χ3n) is 6.27. The Kier molecular flexibility index (Phi) is 4.02. The molecule has 0 bridgehead atoms. The Morgan fingerprint density at radius 3 is 3.00 bits per heavy atom. The van der Waals surface area contributed by atoms with E-state index >= 15 is 4.39 Å². The van der Waals surface area contributed by atoms with Gasteiger partial charge in [0.05, 0.1) is 18.2 Å². The SMILES string of the molecule is Cc1ccc2c(c1F)c1c(n2CC(O)c2cccnc2)CCN2CCCC12. The quantitative estimate of drug-likeness (QED) is 0.765. The number of nitrogens with zero attached hydrogens (tertiary/aromatic N) is 3. The molecule has 27 heavy (non-hydrogen) atoms. The summed E-state index contributed by atoms with van der Waals surface area (Å²) in [4.78, 5) is 6.61. The van der Waals surface area contributed by atoms with E-state index < -0.39 is 6.10 Å². The largest absolute Gasteiger partial charge is 0.386 e. The molecular formula is C22H24FN3O. The molecule has 0 spiro atoms. The maximum absolute atomic E-state index is 15.2. The number of aliphatic hydroxyl groups excluding tert-OH is 1. The van der Waals surface area contributed by atoms with Gasteiger partial charge in [-0.3, -0.25) is 9.88 Å². The van der Waals surface area contributed by atoms with E-state index in [1.54, 1.807) is 12.4 Å². The number of aliphatic hydroxyl groups is 1. The van der Waals surface area contributed by atoms with Crippen LogP contribution in [0.25, 0.3) is 10.9 Å². The van der Waals surface area contributed by atoms with Crippen molar-refractivity contribution in [2.24, 2.45) is 0 Å². The second-order valence-corrected chi connectivity index (χ2v) is 7.81. The van der Waals surface area contributed by atoms with Crippen molar-refractivity contribution < 1.29 is 9.50 Å². The van der Waals surface area contributed by atoms with Crippen LogP contribution in [0.4, 0.5) is 4.39 Å². The number of fused-ring (bicyclic) bond motifs is 5. The molecule has 2 aliphatic heterocycles. The zero-order chi connectivity index (χ0) is 18.5. The molecule has 2 atom stereocenters. The van der Waals surface area contributed by atoms with Gasteiger partial charge in [-0.15, -0.1) is 0 Å². The molecule has 2 aliphatic rings. The van der Waals surface area contributed by atoms with Crippen LogP contribution in [0.5, 0.6) is 0 Å². The van der Waals surface area contributed by atoms with E-state index in [-0.39, 0.29) is 5.82 Å². The Morgan fingerprint density at radius 2 is 2.19 bits per heavy atom. The van der Waals surface area contributed by atoms with Crippen molar-refractivity contribution in [3.8, 4) is 0 Å². The molecule has 4 nitrogen and oxygen atoms in total. The van der Waals surface area contributed by atoms with Gasteiger partial charge in [-0.2, -0.15) is 0 Å². The second kappa shape index (κ2) is 6.43. The van der Waals surface area contributed by atoms with E-state index in [9.17, 15) is 5.11 Å². The summed E-state index contributed by atoms with van der Waals surface area (Å²) in [6, 6.07) is 7.90. The average molecular weight is 365 g/mol. The van der Waals surface area contributed by atoms with Crippen molar-refractivity contribution in [1.29, 1.82) is 0 Å². The Hall–Kier alpha value is -2.24. The maximum atomic E-state index is 15.2. The first-order chi connectivity index (χ1) is 13.1. The molecule has 5 rings (SSSR count). The van der Waals surface area contributed by atoms with Gasteiger partial charge in [0.25, 0.3) is 0 Å². The van der Waals surface area contributed by atoms with Gasteiger partial charge >= 0.3 is 0 Å². The standard InChI is InChI=1S/C22H24FN3O/c1-14-6-7-17-21(22(14)23)20-16-5-3-10-25(16)11-8-18(20)26(17)13-19(27)15-4-2-9-24-12-15/h2,4,6-7,9,12,16,19,27H,3,5,8,10-11,13H2,1H3. The minimum atomic E-state index is -0.663. The Morgan fingerprint density at radius 1 is 1.30 bits per heavy atom. The van der Waals surface area contributed by atoms with Crippen molar-refractivity contribution in [3.05, 3.63) is 64.9 Å². The monoisotopic (exact) mass is 365 g/mol. The number of pyridine rings is 1. The first-order valence-electron chi connectivity index (χ1n) is 9.77. The molecule has 0 aliphatic carbocycles. The summed E-state index contributed by atoms with van der Waals surface area (Å²) in [7, 11) is 0. The lowest BCUT2D eigenvalue weighted by molar-refractivity contribution is 0.155. The minimum Gasteiger partial charge on any atom is -0.386 e. The third kappa shape index (κ3) is 2.60. The Balaban J connectivity index is 1.68. The number of aryl methyl sites for hydroxylation is 1. The topological polar surface area (TPSA) is 41.3 Å². The fourth-order valence-electron chi connectivity index (χ4n) is 4.94. The van der Waals surface area contributed by atoms with Gasteiger partial charge in [-0.05, 0) is 44.0 Å². The summed E-state index contributed by atoms with van der Waals surface area (Å²) < 4.78 is 17.4. The van der Waals surface area contributed by atoms with E-state index in [4.69, 9.17) is 0 Å². The highest BCUT2D eigenvalue weighted by molar-refractivity contribution is 5.88. The normalized spacial score (nSPS) is 20.6. The first kappa shape index (κ1) is 16.9. The van der Waals surface area contributed by atoms with Crippen LogP contribution in [0.15, 0.2) is 36.7 Å². The molecule has 2 aromatic heterocycles. The van der Waals surface area contributed by atoms with Crippen LogP contribution in [-0.4, -0.2) is 32.6 Å². The summed E-state index contributed by atoms with van der Waals surface area (Å²) in [5.74, 6) is -0.105. The predicted molar refractivity (Wildman–Crippen MR) is 103 cm³/mol. The lowest BCUT2D eigenvalue weighted by Crippen LogP contribution is -2.31. The van der Waals surface area contributed by atoms with Crippen LogP contribution in [-0.2, 0) is 13.0 Å². The summed E-state index contributed by atoms with van der Waals surface area (Å²) in [5.41, 5.74) is 4.73. The van der Waals surface area contributed by atoms with Crippen LogP contribution >= 0.6 is 0 Å². The Bertz CT molecular complexity index is 998. The van der Waals surface area contributed by atoms with Crippen molar-refractivity contribution in [2.75, 3.05) is 13.1 Å². The molecule has 3 aromatic rings. The molecule has 1 N–H and O–H groups in total. The number of benzene rings is 1. The lowest BCUT2D eigenvalue weighted by Gasteiger charge is -2.31. The summed E-state index contributed by atoms with van der Waals surface area (Å²) in [6.07, 6.45) is 5.90. The molecular weight excluding hydrogens is 341 g/mol. The molecule has 140 valence electrons. The van der Waals surface area contributed by atoms with Crippen LogP contribution in [0, 0.1) is 12.7 Å². The first-order valence-corrected chi connectivity index (χ1v) is 9.77. The molecule has 1 aromatic carbocycles. The predicted octanol–water partition coefficient (Wildman–Crippen LogP) is 3.91. The van der Waals surface area contributed by atoms with E-state index in [0.717, 1.165) is 48.0 Å². The fourth-order valence-corrected chi connectivity index (χ4v) is 4.94. The van der Waals surface area contributed by atoms with Gasteiger partial charge in [0.15, 0.2) is 0 Å². The van der Waals surface area contributed by atoms with Gasteiger partial charge in [0, 0.05) is 53.6 Å². The molecule has 5 heteroatoms. The van der Waals surface area contributed by atoms with E-state index in [1.165, 1.54) is 12.1 Å². The van der Waals surface area contributed by atoms with Gasteiger partial charge in [0.2, 0.25) is 0 Å². The third-order valence-corrected chi connectivity index (χ3v) is 6.27. The molecule has 4 heterocycles. The smallest absolute Gasteiger partial charge is 0.135 e. The maximum Gasteiger partial charge on any atom is 0.135 e. The summed E-state index contributed by atoms with van der Waals surface area (Å²) in [5, 5.41) is 11.6. The molecule has 2 unspecified atom stereocenters. The van der Waals surface area contributed by atoms with Crippen molar-refractivity contribution in [2.45, 2.75) is 44.9 Å². The van der Waals surface area contributed by atoms with Gasteiger partial charge in [-0.1, -0.05) is 12.1 Å². The molecule has 1 fully saturated rings. The number of hydrogen-bond acceptors (Lipinski definition) is 3. The summed E-state index contributed by atoms with van der Waals surface area (Å²) >= 11 is 0. The van der Waals surface area contributed by atoms with Crippen molar-refractivity contribution in [3.63, 3.8) is 0 Å². The highest BCUT2D eigenvalue weighted by Crippen LogP contribution is 2.44. The zero-order valence-electron chi connectivity index (χ0n) is 15.5. The number of hydrogen-bond donors (Lipinski definition) is 1. The number of halogens is 1. The van der Waals surface area contributed by atoms with Crippen LogP contribution in [0.1, 0.15) is 47.4 Å². The van der Waals surface area contributed by atoms with E-state index in [0.29, 0.717) is 18.2 Å². The average Bonchev–Trinajstić information content (AvgIpc) is 3.28. The van der Waals surface area contributed by atoms with Crippen LogP contribution < -0.4 is 0 Å². The summed E-state index contributed by atoms with van der Waals surface area (Å²) in [6.45, 7) is 4.37. The number of aromatic nitrogens is 2. The highest BCUT2D eigenvalue weighted by atomic mass is 19.1. The zero-order valence-corrected chi connectivity index (χ0v) is 15.5. The number of rotatable bonds is 3. The lowest BCUT2D eigenvalue weighted by atomic mass is 9.95. The van der Waals surface area contributed by atoms with E-state index in [2.05, 4.69) is 14.5 Å². The molecule has 1 saturated heterocycles. The minimum absolute atomic E-state index is 0.105. The van der Waals surface area contributed by atoms with Crippen molar-refractivity contribution >= 4 is 10.9 Å². The molecule has 0 saturated carbocycles. The van der Waals surface area contributed by atoms with Gasteiger partial charge < -0.3 is 9.67 Å².